The molecule has 0 fully saturated rings. The van der Waals surface area contributed by atoms with Crippen molar-refractivity contribution in [1.82, 2.24) is 15.3 Å². The average Bonchev–Trinajstić information content (AvgIpc) is 2.41. The molecular weight excluding hydrogens is 190 g/mol. The van der Waals surface area contributed by atoms with Crippen LogP contribution in [0.25, 0.3) is 0 Å². The lowest BCUT2D eigenvalue weighted by molar-refractivity contribution is 0.311. The van der Waals surface area contributed by atoms with Crippen molar-refractivity contribution in [1.29, 1.82) is 0 Å². The minimum atomic E-state index is 0.598. The third kappa shape index (κ3) is 2.65. The summed E-state index contributed by atoms with van der Waals surface area (Å²) in [7, 11) is 0. The van der Waals surface area contributed by atoms with Crippen LogP contribution in [0.4, 0.5) is 0 Å². The molecule has 2 heterocycles. The predicted octanol–water partition coefficient (Wildman–Crippen LogP) is 1.16. The molecule has 1 N–H and O–H groups in total. The number of ether oxygens (including phenoxy) is 1. The van der Waals surface area contributed by atoms with Crippen molar-refractivity contribution in [3.05, 3.63) is 17.6 Å². The predicted molar refractivity (Wildman–Crippen MR) is 57.8 cm³/mol. The summed E-state index contributed by atoms with van der Waals surface area (Å²) in [4.78, 5) is 8.87. The van der Waals surface area contributed by atoms with E-state index in [2.05, 4.69) is 29.1 Å². The van der Waals surface area contributed by atoms with Crippen molar-refractivity contribution >= 4 is 0 Å². The van der Waals surface area contributed by atoms with Crippen LogP contribution in [-0.4, -0.2) is 23.1 Å². The van der Waals surface area contributed by atoms with Crippen LogP contribution in [-0.2, 0) is 13.0 Å². The first kappa shape index (κ1) is 10.4. The lowest BCUT2D eigenvalue weighted by Gasteiger charge is -2.08. The summed E-state index contributed by atoms with van der Waals surface area (Å²) in [5.74, 6) is 1.31. The van der Waals surface area contributed by atoms with E-state index in [-0.39, 0.29) is 0 Å². The quantitative estimate of drug-likeness (QED) is 0.790. The second kappa shape index (κ2) is 4.57. The van der Waals surface area contributed by atoms with E-state index < -0.39 is 0 Å². The lowest BCUT2D eigenvalue weighted by Crippen LogP contribution is -2.16. The van der Waals surface area contributed by atoms with Gasteiger partial charge in [-0.1, -0.05) is 13.8 Å². The highest BCUT2D eigenvalue weighted by Gasteiger charge is 2.12. The van der Waals surface area contributed by atoms with E-state index in [0.717, 1.165) is 30.9 Å². The van der Waals surface area contributed by atoms with Crippen molar-refractivity contribution in [3.63, 3.8) is 0 Å². The van der Waals surface area contributed by atoms with Gasteiger partial charge in [-0.25, -0.2) is 4.98 Å². The van der Waals surface area contributed by atoms with Crippen LogP contribution in [0.1, 0.15) is 25.2 Å². The molecule has 0 aromatic carbocycles. The monoisotopic (exact) mass is 207 g/mol. The fourth-order valence-corrected chi connectivity index (χ4v) is 1.61. The first-order chi connectivity index (χ1) is 7.25. The zero-order valence-corrected chi connectivity index (χ0v) is 9.29. The van der Waals surface area contributed by atoms with Crippen LogP contribution in [0.15, 0.2) is 6.20 Å². The van der Waals surface area contributed by atoms with Crippen molar-refractivity contribution < 1.29 is 4.74 Å². The highest BCUT2D eigenvalue weighted by atomic mass is 16.5. The van der Waals surface area contributed by atoms with Crippen molar-refractivity contribution in [2.75, 3.05) is 13.2 Å². The third-order valence-corrected chi connectivity index (χ3v) is 2.29. The Labute approximate surface area is 90.1 Å². The smallest absolute Gasteiger partial charge is 0.237 e. The second-order valence-electron chi connectivity index (χ2n) is 4.24. The van der Waals surface area contributed by atoms with Gasteiger partial charge in [-0.2, -0.15) is 0 Å². The normalized spacial score (nSPS) is 15.7. The number of rotatable bonds is 2. The molecule has 15 heavy (non-hydrogen) atoms. The number of fused-ring (bicyclic) bond motifs is 1. The summed E-state index contributed by atoms with van der Waals surface area (Å²) in [6.07, 6.45) is 2.81. The first-order valence-corrected chi connectivity index (χ1v) is 5.44. The van der Waals surface area contributed by atoms with Crippen molar-refractivity contribution in [2.24, 2.45) is 5.92 Å². The van der Waals surface area contributed by atoms with Crippen LogP contribution in [0.3, 0.4) is 0 Å². The lowest BCUT2D eigenvalue weighted by atomic mass is 10.1. The summed E-state index contributed by atoms with van der Waals surface area (Å²) < 4.78 is 5.53. The molecule has 1 aromatic heterocycles. The van der Waals surface area contributed by atoms with Crippen molar-refractivity contribution in [2.45, 2.75) is 26.8 Å². The summed E-state index contributed by atoms with van der Waals surface area (Å²) in [6, 6.07) is 0. The van der Waals surface area contributed by atoms with E-state index in [4.69, 9.17) is 4.74 Å². The third-order valence-electron chi connectivity index (χ3n) is 2.29. The molecular formula is C11H17N3O. The molecule has 0 spiro atoms. The average molecular weight is 207 g/mol. The van der Waals surface area contributed by atoms with Crippen LogP contribution in [0.5, 0.6) is 5.88 Å². The first-order valence-electron chi connectivity index (χ1n) is 5.44. The summed E-state index contributed by atoms with van der Waals surface area (Å²) in [5, 5.41) is 3.24. The van der Waals surface area contributed by atoms with Gasteiger partial charge in [0.15, 0.2) is 0 Å². The molecule has 2 rings (SSSR count). The Morgan fingerprint density at radius 1 is 1.53 bits per heavy atom. The largest absolute Gasteiger partial charge is 0.475 e. The molecule has 0 saturated heterocycles. The van der Waals surface area contributed by atoms with Crippen LogP contribution in [0, 0.1) is 5.92 Å². The molecule has 0 unspecified atom stereocenters. The molecule has 1 aliphatic rings. The zero-order chi connectivity index (χ0) is 10.7. The maximum atomic E-state index is 5.53. The Morgan fingerprint density at radius 3 is 3.20 bits per heavy atom. The summed E-state index contributed by atoms with van der Waals surface area (Å²) in [5.41, 5.74) is 1.94. The maximum Gasteiger partial charge on any atom is 0.237 e. The zero-order valence-electron chi connectivity index (χ0n) is 9.29. The molecule has 82 valence electrons. The number of hydrogen-bond acceptors (Lipinski definition) is 4. The van der Waals surface area contributed by atoms with E-state index in [0.29, 0.717) is 18.4 Å². The topological polar surface area (TPSA) is 47.0 Å². The Hall–Kier alpha value is -1.16. The van der Waals surface area contributed by atoms with Gasteiger partial charge in [0.25, 0.3) is 0 Å². The van der Waals surface area contributed by atoms with E-state index in [1.165, 1.54) is 0 Å². The van der Waals surface area contributed by atoms with Crippen LogP contribution in [0.2, 0.25) is 0 Å². The van der Waals surface area contributed by atoms with Crippen molar-refractivity contribution in [3.8, 4) is 5.88 Å². The van der Waals surface area contributed by atoms with Gasteiger partial charge >= 0.3 is 0 Å². The van der Waals surface area contributed by atoms with Gasteiger partial charge < -0.3 is 10.1 Å². The molecule has 1 aliphatic heterocycles. The number of aromatic nitrogens is 2. The number of nitrogens with one attached hydrogen (secondary N) is 1. The minimum Gasteiger partial charge on any atom is -0.475 e. The molecule has 0 bridgehead atoms. The number of nitrogens with zero attached hydrogens (tertiary/aromatic N) is 2. The van der Waals surface area contributed by atoms with E-state index in [1.807, 2.05) is 6.20 Å². The molecule has 0 radical (unpaired) electrons. The van der Waals surface area contributed by atoms with Gasteiger partial charge in [-0.3, -0.25) is 4.98 Å². The second-order valence-corrected chi connectivity index (χ2v) is 4.24. The highest BCUT2D eigenvalue weighted by Crippen LogP contribution is 2.16. The fourth-order valence-electron chi connectivity index (χ4n) is 1.61. The molecule has 4 nitrogen and oxygen atoms in total. The Kier molecular flexibility index (Phi) is 3.16. The van der Waals surface area contributed by atoms with Crippen LogP contribution < -0.4 is 10.1 Å². The van der Waals surface area contributed by atoms with Gasteiger partial charge in [-0.05, 0) is 12.3 Å². The number of hydrogen-bond donors (Lipinski definition) is 1. The molecule has 0 saturated carbocycles. The Balaban J connectivity index is 2.20. The molecule has 0 atom stereocenters. The fraction of sp³-hybridized carbons (Fsp3) is 0.636. The maximum absolute atomic E-state index is 5.53. The van der Waals surface area contributed by atoms with Gasteiger partial charge in [0.1, 0.15) is 12.3 Å². The van der Waals surface area contributed by atoms with Gasteiger partial charge in [-0.15, -0.1) is 0 Å². The summed E-state index contributed by atoms with van der Waals surface area (Å²) in [6.45, 7) is 6.64. The van der Waals surface area contributed by atoms with Crippen LogP contribution >= 0.6 is 0 Å². The van der Waals surface area contributed by atoms with E-state index in [1.54, 1.807) is 0 Å². The Morgan fingerprint density at radius 2 is 2.40 bits per heavy atom. The van der Waals surface area contributed by atoms with Gasteiger partial charge in [0, 0.05) is 19.3 Å². The Bertz CT molecular complexity index is 339. The standard InChI is InChI=1S/C11H17N3O/c1-8(2)5-9-6-13-10-7-12-3-4-15-11(10)14-9/h6,8,12H,3-5,7H2,1-2H3. The highest BCUT2D eigenvalue weighted by molar-refractivity contribution is 5.21. The van der Waals surface area contributed by atoms with Gasteiger partial charge in [0.2, 0.25) is 5.88 Å². The molecule has 0 aliphatic carbocycles. The molecule has 0 amide bonds. The minimum absolute atomic E-state index is 0.598. The van der Waals surface area contributed by atoms with E-state index in [9.17, 15) is 0 Å². The SMILES string of the molecule is CC(C)Cc1cnc2c(n1)OCCNC2. The molecule has 1 aromatic rings. The van der Waals surface area contributed by atoms with E-state index >= 15 is 0 Å². The van der Waals surface area contributed by atoms with Gasteiger partial charge in [0.05, 0.1) is 5.69 Å². The summed E-state index contributed by atoms with van der Waals surface area (Å²) >= 11 is 0. The molecule has 4 heteroatoms.